The molecule has 0 radical (unpaired) electrons. The third-order valence-electron chi connectivity index (χ3n) is 2.76. The molecule has 0 unspecified atom stereocenters. The lowest BCUT2D eigenvalue weighted by Gasteiger charge is -2.09. The summed E-state index contributed by atoms with van der Waals surface area (Å²) in [6.07, 6.45) is 0. The van der Waals surface area contributed by atoms with Gasteiger partial charge in [-0.2, -0.15) is 0 Å². The molecule has 0 amide bonds. The van der Waals surface area contributed by atoms with E-state index in [1.54, 1.807) is 43.2 Å². The van der Waals surface area contributed by atoms with Crippen molar-refractivity contribution in [2.45, 2.75) is 19.6 Å². The minimum absolute atomic E-state index is 0.620. The molecular formula is C10Cl4S4. The van der Waals surface area contributed by atoms with Gasteiger partial charge in [-0.05, 0) is 0 Å². The van der Waals surface area contributed by atoms with Crippen molar-refractivity contribution in [2.75, 3.05) is 0 Å². The van der Waals surface area contributed by atoms with Crippen molar-refractivity contribution in [3.05, 3.63) is 20.1 Å². The van der Waals surface area contributed by atoms with E-state index in [0.717, 1.165) is 30.4 Å². The Balaban J connectivity index is 2.35. The SMILES string of the molecule is Clc1c(Cl)c2c3c(c(Cl)c(Cl)c4c3c1SS4)SS2. The lowest BCUT2D eigenvalue weighted by atomic mass is 10.1. The van der Waals surface area contributed by atoms with Crippen LogP contribution in [0.25, 0.3) is 10.8 Å². The van der Waals surface area contributed by atoms with Crippen molar-refractivity contribution in [1.82, 2.24) is 0 Å². The summed E-state index contributed by atoms with van der Waals surface area (Å²) in [7, 11) is 6.38. The highest BCUT2D eigenvalue weighted by molar-refractivity contribution is 8.77. The molecule has 2 aliphatic rings. The van der Waals surface area contributed by atoms with Gasteiger partial charge in [0.15, 0.2) is 0 Å². The van der Waals surface area contributed by atoms with E-state index in [1.807, 2.05) is 0 Å². The van der Waals surface area contributed by atoms with Crippen LogP contribution < -0.4 is 0 Å². The van der Waals surface area contributed by atoms with E-state index in [-0.39, 0.29) is 0 Å². The molecule has 0 fully saturated rings. The second-order valence-electron chi connectivity index (χ2n) is 3.66. The lowest BCUT2D eigenvalue weighted by Crippen LogP contribution is -1.85. The Labute approximate surface area is 139 Å². The molecule has 0 saturated carbocycles. The summed E-state index contributed by atoms with van der Waals surface area (Å²) in [5.74, 6) is 0. The zero-order valence-electron chi connectivity index (χ0n) is 8.14. The number of halogens is 4. The van der Waals surface area contributed by atoms with Crippen molar-refractivity contribution < 1.29 is 0 Å². The van der Waals surface area contributed by atoms with Gasteiger partial charge in [0.1, 0.15) is 0 Å². The average Bonchev–Trinajstić information content (AvgIpc) is 2.96. The Morgan fingerprint density at radius 1 is 0.444 bits per heavy atom. The van der Waals surface area contributed by atoms with Gasteiger partial charge >= 0.3 is 0 Å². The maximum absolute atomic E-state index is 6.34. The Bertz CT molecular complexity index is 622. The van der Waals surface area contributed by atoms with E-state index in [1.165, 1.54) is 0 Å². The van der Waals surface area contributed by atoms with Crippen molar-refractivity contribution in [3.63, 3.8) is 0 Å². The molecule has 0 aromatic heterocycles. The van der Waals surface area contributed by atoms with E-state index in [0.29, 0.717) is 20.1 Å². The van der Waals surface area contributed by atoms with Crippen LogP contribution in [0.4, 0.5) is 0 Å². The molecule has 8 heteroatoms. The lowest BCUT2D eigenvalue weighted by molar-refractivity contribution is 1.35. The second kappa shape index (κ2) is 4.38. The van der Waals surface area contributed by atoms with E-state index in [2.05, 4.69) is 0 Å². The molecule has 2 aromatic rings. The molecule has 0 saturated heterocycles. The highest BCUT2D eigenvalue weighted by atomic mass is 35.5. The summed E-state index contributed by atoms with van der Waals surface area (Å²) >= 11 is 25.4. The summed E-state index contributed by atoms with van der Waals surface area (Å²) in [4.78, 5) is 4.01. The fourth-order valence-corrected chi connectivity index (χ4v) is 9.28. The van der Waals surface area contributed by atoms with Gasteiger partial charge in [-0.15, -0.1) is 0 Å². The minimum atomic E-state index is 0.620. The largest absolute Gasteiger partial charge is 0.0814 e. The summed E-state index contributed by atoms with van der Waals surface area (Å²) < 4.78 is 0. The predicted molar refractivity (Wildman–Crippen MR) is 87.4 cm³/mol. The molecule has 4 rings (SSSR count). The van der Waals surface area contributed by atoms with Crippen LogP contribution in [0.15, 0.2) is 19.6 Å². The molecule has 2 heterocycles. The molecule has 18 heavy (non-hydrogen) atoms. The van der Waals surface area contributed by atoms with Crippen LogP contribution in [-0.4, -0.2) is 0 Å². The molecule has 92 valence electrons. The normalized spacial score (nSPS) is 16.0. The van der Waals surface area contributed by atoms with Gasteiger partial charge in [0.25, 0.3) is 0 Å². The first kappa shape index (κ1) is 13.0. The maximum atomic E-state index is 6.34. The van der Waals surface area contributed by atoms with E-state index in [4.69, 9.17) is 46.4 Å². The van der Waals surface area contributed by atoms with Crippen molar-refractivity contribution >= 4 is 100 Å². The minimum Gasteiger partial charge on any atom is -0.0814 e. The maximum Gasteiger partial charge on any atom is 0.0755 e. The van der Waals surface area contributed by atoms with Crippen molar-refractivity contribution in [2.24, 2.45) is 0 Å². The monoisotopic (exact) mass is 388 g/mol. The van der Waals surface area contributed by atoms with Crippen LogP contribution >= 0.6 is 89.6 Å². The fraction of sp³-hybridized carbons (Fsp3) is 0. The molecule has 0 aliphatic carbocycles. The Morgan fingerprint density at radius 2 is 0.667 bits per heavy atom. The number of rotatable bonds is 0. The Morgan fingerprint density at radius 3 is 0.889 bits per heavy atom. The van der Waals surface area contributed by atoms with Gasteiger partial charge in [-0.3, -0.25) is 0 Å². The standard InChI is InChI=1S/C10Cl4S4/c11-3-5(13)9-2-1-7(3)15-16-8(1)4(12)6(14)10(2)18-17-9. The number of hydrogen-bond donors (Lipinski definition) is 0. The topological polar surface area (TPSA) is 0 Å². The highest BCUT2D eigenvalue weighted by Crippen LogP contribution is 2.67. The van der Waals surface area contributed by atoms with Gasteiger partial charge in [0.2, 0.25) is 0 Å². The molecule has 0 atom stereocenters. The average molecular weight is 390 g/mol. The van der Waals surface area contributed by atoms with Crippen LogP contribution in [0.1, 0.15) is 0 Å². The Kier molecular flexibility index (Phi) is 3.15. The van der Waals surface area contributed by atoms with Crippen LogP contribution in [0, 0.1) is 0 Å². The molecule has 0 bridgehead atoms. The first-order valence-corrected chi connectivity index (χ1v) is 10.5. The van der Waals surface area contributed by atoms with Crippen LogP contribution in [0.3, 0.4) is 0 Å². The summed E-state index contributed by atoms with van der Waals surface area (Å²) in [6.45, 7) is 0. The van der Waals surface area contributed by atoms with E-state index in [9.17, 15) is 0 Å². The van der Waals surface area contributed by atoms with Gasteiger partial charge in [0.05, 0.1) is 20.1 Å². The van der Waals surface area contributed by atoms with Gasteiger partial charge in [-0.25, -0.2) is 0 Å². The second-order valence-corrected chi connectivity index (χ2v) is 9.47. The number of hydrogen-bond acceptors (Lipinski definition) is 4. The fourth-order valence-electron chi connectivity index (χ4n) is 1.98. The smallest absolute Gasteiger partial charge is 0.0755 e. The summed E-state index contributed by atoms with van der Waals surface area (Å²) in [5.41, 5.74) is 0. The predicted octanol–water partition coefficient (Wildman–Crippen LogP) is 7.68. The van der Waals surface area contributed by atoms with Crippen molar-refractivity contribution in [1.29, 1.82) is 0 Å². The van der Waals surface area contributed by atoms with Gasteiger partial charge in [0, 0.05) is 30.4 Å². The van der Waals surface area contributed by atoms with Gasteiger partial charge < -0.3 is 0 Å². The molecule has 2 aliphatic heterocycles. The molecule has 0 N–H and O–H groups in total. The zero-order valence-corrected chi connectivity index (χ0v) is 14.4. The van der Waals surface area contributed by atoms with Crippen molar-refractivity contribution in [3.8, 4) is 0 Å². The van der Waals surface area contributed by atoms with E-state index >= 15 is 0 Å². The van der Waals surface area contributed by atoms with Gasteiger partial charge in [-0.1, -0.05) is 89.6 Å². The summed E-state index contributed by atoms with van der Waals surface area (Å²) in [6, 6.07) is 0. The Hall–Kier alpha value is 1.26. The third kappa shape index (κ3) is 1.49. The molecule has 2 aromatic carbocycles. The molecular weight excluding hydrogens is 390 g/mol. The van der Waals surface area contributed by atoms with E-state index < -0.39 is 0 Å². The van der Waals surface area contributed by atoms with Crippen LogP contribution in [0.2, 0.25) is 20.1 Å². The molecule has 0 spiro atoms. The van der Waals surface area contributed by atoms with Crippen LogP contribution in [0.5, 0.6) is 0 Å². The molecule has 0 nitrogen and oxygen atoms in total. The third-order valence-corrected chi connectivity index (χ3v) is 9.88. The van der Waals surface area contributed by atoms with Crippen LogP contribution in [-0.2, 0) is 0 Å². The number of benzene rings is 2. The highest BCUT2D eigenvalue weighted by Gasteiger charge is 2.34. The zero-order chi connectivity index (χ0) is 12.6. The first-order valence-electron chi connectivity index (χ1n) is 4.66. The first-order chi connectivity index (χ1) is 8.61. The quantitative estimate of drug-likeness (QED) is 0.423. The summed E-state index contributed by atoms with van der Waals surface area (Å²) in [5, 5.41) is 4.70.